The summed E-state index contributed by atoms with van der Waals surface area (Å²) in [6.07, 6.45) is 0.895. The third-order valence-electron chi connectivity index (χ3n) is 2.88. The van der Waals surface area contributed by atoms with Gasteiger partial charge in [0, 0.05) is 12.3 Å². The van der Waals surface area contributed by atoms with Crippen LogP contribution in [0.1, 0.15) is 31.7 Å². The predicted octanol–water partition coefficient (Wildman–Crippen LogP) is 2.54. The van der Waals surface area contributed by atoms with Crippen LogP contribution in [0.5, 0.6) is 11.5 Å². The van der Waals surface area contributed by atoms with Gasteiger partial charge in [0.1, 0.15) is 5.78 Å². The molecule has 3 heteroatoms. The molecule has 0 saturated heterocycles. The molecule has 2 rings (SSSR count). The minimum absolute atomic E-state index is 0.0860. The lowest BCUT2D eigenvalue weighted by molar-refractivity contribution is -0.118. The highest BCUT2D eigenvalue weighted by molar-refractivity contribution is 5.83. The molecule has 1 unspecified atom stereocenters. The monoisotopic (exact) mass is 220 g/mol. The lowest BCUT2D eigenvalue weighted by atomic mass is 9.97. The average molecular weight is 220 g/mol. The predicted molar refractivity (Wildman–Crippen MR) is 61.1 cm³/mol. The molecular formula is C13H16O3. The molecule has 0 bridgehead atoms. The Kier molecular flexibility index (Phi) is 3.13. The van der Waals surface area contributed by atoms with Gasteiger partial charge in [-0.15, -0.1) is 0 Å². The quantitative estimate of drug-likeness (QED) is 0.768. The molecule has 86 valence electrons. The Hall–Kier alpha value is -1.51. The maximum atomic E-state index is 11.3. The summed E-state index contributed by atoms with van der Waals surface area (Å²) in [6.45, 7) is 4.87. The molecule has 0 aliphatic carbocycles. The molecular weight excluding hydrogens is 204 g/mol. The molecule has 0 radical (unpaired) electrons. The number of hydrogen-bond acceptors (Lipinski definition) is 3. The van der Waals surface area contributed by atoms with Crippen LogP contribution in [0.4, 0.5) is 0 Å². The van der Waals surface area contributed by atoms with Crippen molar-refractivity contribution in [2.45, 2.75) is 26.2 Å². The first-order valence-electron chi connectivity index (χ1n) is 5.58. The van der Waals surface area contributed by atoms with Gasteiger partial charge in [-0.1, -0.05) is 13.0 Å². The molecule has 3 nitrogen and oxygen atoms in total. The van der Waals surface area contributed by atoms with E-state index < -0.39 is 0 Å². The van der Waals surface area contributed by atoms with Crippen LogP contribution in [-0.2, 0) is 4.79 Å². The van der Waals surface area contributed by atoms with Crippen molar-refractivity contribution in [3.05, 3.63) is 23.8 Å². The summed E-state index contributed by atoms with van der Waals surface area (Å²) in [5, 5.41) is 0. The number of carbonyl (C=O) groups is 1. The van der Waals surface area contributed by atoms with Crippen molar-refractivity contribution in [1.82, 2.24) is 0 Å². The van der Waals surface area contributed by atoms with Crippen molar-refractivity contribution >= 4 is 5.78 Å². The summed E-state index contributed by atoms with van der Waals surface area (Å²) in [5.74, 6) is 1.60. The Labute approximate surface area is 95.4 Å². The van der Waals surface area contributed by atoms with E-state index in [9.17, 15) is 4.79 Å². The molecule has 1 aliphatic rings. The summed E-state index contributed by atoms with van der Waals surface area (Å²) >= 11 is 0. The highest BCUT2D eigenvalue weighted by Gasteiger charge is 2.15. The van der Waals surface area contributed by atoms with Crippen molar-refractivity contribution < 1.29 is 14.3 Å². The summed E-state index contributed by atoms with van der Waals surface area (Å²) in [5.41, 5.74) is 0.983. The fourth-order valence-corrected chi connectivity index (χ4v) is 1.68. The SMILES string of the molecule is CC(=O)C(C)c1ccc2c(c1)OCCCO2. The van der Waals surface area contributed by atoms with Crippen LogP contribution in [0.15, 0.2) is 18.2 Å². The second kappa shape index (κ2) is 4.56. The van der Waals surface area contributed by atoms with Crippen LogP contribution in [0.25, 0.3) is 0 Å². The van der Waals surface area contributed by atoms with Gasteiger partial charge in [0.2, 0.25) is 0 Å². The van der Waals surface area contributed by atoms with Gasteiger partial charge < -0.3 is 9.47 Å². The van der Waals surface area contributed by atoms with E-state index in [-0.39, 0.29) is 11.7 Å². The number of fused-ring (bicyclic) bond motifs is 1. The van der Waals surface area contributed by atoms with E-state index in [1.165, 1.54) is 0 Å². The van der Waals surface area contributed by atoms with E-state index in [0.29, 0.717) is 13.2 Å². The second-order valence-electron chi connectivity index (χ2n) is 4.09. The van der Waals surface area contributed by atoms with E-state index in [1.54, 1.807) is 6.92 Å². The van der Waals surface area contributed by atoms with E-state index in [2.05, 4.69) is 0 Å². The molecule has 1 aliphatic heterocycles. The molecule has 1 heterocycles. The molecule has 0 amide bonds. The molecule has 0 aromatic heterocycles. The zero-order chi connectivity index (χ0) is 11.5. The normalized spacial score (nSPS) is 16.4. The molecule has 1 atom stereocenters. The minimum atomic E-state index is -0.0860. The Morgan fingerprint density at radius 2 is 1.94 bits per heavy atom. The van der Waals surface area contributed by atoms with Gasteiger partial charge in [-0.05, 0) is 24.6 Å². The van der Waals surface area contributed by atoms with Crippen LogP contribution in [0.2, 0.25) is 0 Å². The average Bonchev–Trinajstić information content (AvgIpc) is 2.51. The van der Waals surface area contributed by atoms with Crippen molar-refractivity contribution in [1.29, 1.82) is 0 Å². The van der Waals surface area contributed by atoms with Gasteiger partial charge in [-0.3, -0.25) is 4.79 Å². The smallest absolute Gasteiger partial charge is 0.161 e. The van der Waals surface area contributed by atoms with Crippen LogP contribution in [0.3, 0.4) is 0 Å². The maximum Gasteiger partial charge on any atom is 0.161 e. The van der Waals surface area contributed by atoms with Crippen molar-refractivity contribution in [2.24, 2.45) is 0 Å². The van der Waals surface area contributed by atoms with Crippen LogP contribution < -0.4 is 9.47 Å². The molecule has 1 aromatic rings. The van der Waals surface area contributed by atoms with E-state index >= 15 is 0 Å². The third-order valence-corrected chi connectivity index (χ3v) is 2.88. The Balaban J connectivity index is 2.30. The zero-order valence-electron chi connectivity index (χ0n) is 9.66. The number of benzene rings is 1. The van der Waals surface area contributed by atoms with Gasteiger partial charge in [-0.2, -0.15) is 0 Å². The van der Waals surface area contributed by atoms with Crippen molar-refractivity contribution in [2.75, 3.05) is 13.2 Å². The second-order valence-corrected chi connectivity index (χ2v) is 4.09. The largest absolute Gasteiger partial charge is 0.490 e. The summed E-state index contributed by atoms with van der Waals surface area (Å²) in [4.78, 5) is 11.3. The number of Topliss-reactive ketones (excluding diaryl/α,β-unsaturated/α-hetero) is 1. The molecule has 0 N–H and O–H groups in total. The fourth-order valence-electron chi connectivity index (χ4n) is 1.68. The van der Waals surface area contributed by atoms with Gasteiger partial charge in [-0.25, -0.2) is 0 Å². The Morgan fingerprint density at radius 3 is 2.62 bits per heavy atom. The zero-order valence-corrected chi connectivity index (χ0v) is 9.66. The van der Waals surface area contributed by atoms with Crippen LogP contribution in [0, 0.1) is 0 Å². The Morgan fingerprint density at radius 1 is 1.25 bits per heavy atom. The highest BCUT2D eigenvalue weighted by Crippen LogP contribution is 2.32. The fraction of sp³-hybridized carbons (Fsp3) is 0.462. The third kappa shape index (κ3) is 2.18. The summed E-state index contributed by atoms with van der Waals surface area (Å²) in [7, 11) is 0. The molecule has 1 aromatic carbocycles. The molecule has 0 spiro atoms. The van der Waals surface area contributed by atoms with Crippen molar-refractivity contribution in [3.8, 4) is 11.5 Å². The van der Waals surface area contributed by atoms with E-state index in [1.807, 2.05) is 25.1 Å². The molecule has 0 fully saturated rings. The first-order valence-corrected chi connectivity index (χ1v) is 5.58. The topological polar surface area (TPSA) is 35.5 Å². The number of carbonyl (C=O) groups excluding carboxylic acids is 1. The maximum absolute atomic E-state index is 11.3. The first kappa shape index (κ1) is 11.0. The van der Waals surface area contributed by atoms with Crippen molar-refractivity contribution in [3.63, 3.8) is 0 Å². The Bertz CT molecular complexity index is 398. The van der Waals surface area contributed by atoms with Gasteiger partial charge >= 0.3 is 0 Å². The minimum Gasteiger partial charge on any atom is -0.490 e. The number of ether oxygens (including phenoxy) is 2. The number of ketones is 1. The van der Waals surface area contributed by atoms with Crippen LogP contribution in [-0.4, -0.2) is 19.0 Å². The standard InChI is InChI=1S/C13H16O3/c1-9(10(2)14)11-4-5-12-13(8-11)16-7-3-6-15-12/h4-5,8-9H,3,6-7H2,1-2H3. The van der Waals surface area contributed by atoms with Gasteiger partial charge in [0.25, 0.3) is 0 Å². The number of hydrogen-bond donors (Lipinski definition) is 0. The lowest BCUT2D eigenvalue weighted by Gasteiger charge is -2.12. The lowest BCUT2D eigenvalue weighted by Crippen LogP contribution is -2.04. The highest BCUT2D eigenvalue weighted by atomic mass is 16.5. The summed E-state index contributed by atoms with van der Waals surface area (Å²) < 4.78 is 11.1. The molecule has 0 saturated carbocycles. The van der Waals surface area contributed by atoms with E-state index in [4.69, 9.17) is 9.47 Å². The first-order chi connectivity index (χ1) is 7.68. The van der Waals surface area contributed by atoms with Gasteiger partial charge in [0.05, 0.1) is 13.2 Å². The summed E-state index contributed by atoms with van der Waals surface area (Å²) in [6, 6.07) is 5.72. The van der Waals surface area contributed by atoms with Crippen LogP contribution >= 0.6 is 0 Å². The molecule has 16 heavy (non-hydrogen) atoms. The van der Waals surface area contributed by atoms with Gasteiger partial charge in [0.15, 0.2) is 11.5 Å². The van der Waals surface area contributed by atoms with E-state index in [0.717, 1.165) is 23.5 Å². The number of rotatable bonds is 2.